The zero-order chi connectivity index (χ0) is 16.6. The number of amides is 1. The van der Waals surface area contributed by atoms with Crippen LogP contribution in [0.2, 0.25) is 0 Å². The van der Waals surface area contributed by atoms with E-state index in [-0.39, 0.29) is 18.2 Å². The van der Waals surface area contributed by atoms with E-state index in [1.54, 1.807) is 0 Å². The summed E-state index contributed by atoms with van der Waals surface area (Å²) in [6, 6.07) is 5.89. The summed E-state index contributed by atoms with van der Waals surface area (Å²) in [5, 5.41) is 4.83. The molecule has 0 saturated carbocycles. The van der Waals surface area contributed by atoms with Crippen LogP contribution in [-0.2, 0) is 4.79 Å². The Balaban J connectivity index is 1.80. The van der Waals surface area contributed by atoms with Crippen molar-refractivity contribution in [3.05, 3.63) is 23.8 Å². The number of aromatic nitrogens is 1. The van der Waals surface area contributed by atoms with Gasteiger partial charge in [0, 0.05) is 17.0 Å². The lowest BCUT2D eigenvalue weighted by Gasteiger charge is -2.20. The first-order valence-corrected chi connectivity index (χ1v) is 8.45. The second-order valence-corrected chi connectivity index (χ2v) is 7.56. The zero-order valence-corrected chi connectivity index (χ0v) is 14.5. The van der Waals surface area contributed by atoms with Crippen molar-refractivity contribution < 1.29 is 14.3 Å². The lowest BCUT2D eigenvalue weighted by Crippen LogP contribution is -2.41. The summed E-state index contributed by atoms with van der Waals surface area (Å²) in [6.07, 6.45) is 0. The average Bonchev–Trinajstić information content (AvgIpc) is 2.88. The molecule has 0 spiro atoms. The minimum atomic E-state index is -0.221. The molecule has 0 radical (unpaired) electrons. The fourth-order valence-electron chi connectivity index (χ4n) is 2.39. The highest BCUT2D eigenvalue weighted by Crippen LogP contribution is 2.36. The van der Waals surface area contributed by atoms with Crippen molar-refractivity contribution in [1.29, 1.82) is 0 Å². The number of thioether (sulfide) groups is 1. The van der Waals surface area contributed by atoms with Crippen LogP contribution < -0.4 is 14.8 Å². The van der Waals surface area contributed by atoms with Gasteiger partial charge < -0.3 is 14.8 Å². The Morgan fingerprint density at radius 3 is 2.65 bits per heavy atom. The predicted octanol–water partition coefficient (Wildman–Crippen LogP) is 3.28. The number of nitrogens with one attached hydrogen (secondary N) is 1. The van der Waals surface area contributed by atoms with Crippen molar-refractivity contribution in [1.82, 2.24) is 10.3 Å². The van der Waals surface area contributed by atoms with Crippen LogP contribution in [0.5, 0.6) is 11.5 Å². The summed E-state index contributed by atoms with van der Waals surface area (Å²) in [6.45, 7) is 8.16. The number of pyridine rings is 1. The molecular formula is C17H20N2O3S. The highest BCUT2D eigenvalue weighted by molar-refractivity contribution is 7.99. The second kappa shape index (κ2) is 5.92. The average molecular weight is 332 g/mol. The fraction of sp³-hybridized carbons (Fsp3) is 0.412. The molecule has 1 N–H and O–H groups in total. The van der Waals surface area contributed by atoms with Crippen molar-refractivity contribution >= 4 is 28.6 Å². The first-order chi connectivity index (χ1) is 10.8. The summed E-state index contributed by atoms with van der Waals surface area (Å²) in [7, 11) is 0. The Hall–Kier alpha value is -1.95. The van der Waals surface area contributed by atoms with Gasteiger partial charge in [-0.1, -0.05) is 11.8 Å². The molecule has 1 aliphatic rings. The molecule has 0 bridgehead atoms. The van der Waals surface area contributed by atoms with Gasteiger partial charge in [0.1, 0.15) is 5.03 Å². The Kier molecular flexibility index (Phi) is 4.10. The number of carbonyl (C=O) groups excluding carboxylic acids is 1. The van der Waals surface area contributed by atoms with E-state index >= 15 is 0 Å². The SMILES string of the molecule is Cc1cc2cc3c(cc2nc1SCC(=O)NC(C)(C)C)OCO3. The van der Waals surface area contributed by atoms with E-state index in [0.29, 0.717) is 5.75 Å². The number of benzene rings is 1. The number of nitrogens with zero attached hydrogens (tertiary/aromatic N) is 1. The summed E-state index contributed by atoms with van der Waals surface area (Å²) in [5.41, 5.74) is 1.67. The van der Waals surface area contributed by atoms with Gasteiger partial charge in [0.2, 0.25) is 12.7 Å². The molecule has 0 saturated heterocycles. The number of ether oxygens (including phenoxy) is 2. The molecule has 2 heterocycles. The minimum Gasteiger partial charge on any atom is -0.454 e. The molecular weight excluding hydrogens is 312 g/mol. The van der Waals surface area contributed by atoms with Gasteiger partial charge in [-0.25, -0.2) is 4.98 Å². The van der Waals surface area contributed by atoms with Crippen LogP contribution in [-0.4, -0.2) is 29.0 Å². The van der Waals surface area contributed by atoms with Crippen LogP contribution in [0, 0.1) is 6.92 Å². The summed E-state index contributed by atoms with van der Waals surface area (Å²) < 4.78 is 10.8. The van der Waals surface area contributed by atoms with E-state index in [9.17, 15) is 4.79 Å². The molecule has 0 atom stereocenters. The van der Waals surface area contributed by atoms with E-state index < -0.39 is 0 Å². The van der Waals surface area contributed by atoms with E-state index in [4.69, 9.17) is 9.47 Å². The van der Waals surface area contributed by atoms with Crippen LogP contribution in [0.1, 0.15) is 26.3 Å². The molecule has 0 aliphatic carbocycles. The molecule has 0 fully saturated rings. The zero-order valence-electron chi connectivity index (χ0n) is 13.7. The van der Waals surface area contributed by atoms with Crippen molar-refractivity contribution in [3.63, 3.8) is 0 Å². The van der Waals surface area contributed by atoms with Gasteiger partial charge in [-0.05, 0) is 45.4 Å². The molecule has 1 aromatic carbocycles. The Bertz CT molecular complexity index is 769. The smallest absolute Gasteiger partial charge is 0.231 e. The van der Waals surface area contributed by atoms with Crippen LogP contribution in [0.15, 0.2) is 23.2 Å². The highest BCUT2D eigenvalue weighted by atomic mass is 32.2. The first-order valence-electron chi connectivity index (χ1n) is 7.47. The van der Waals surface area contributed by atoms with Gasteiger partial charge >= 0.3 is 0 Å². The lowest BCUT2D eigenvalue weighted by molar-refractivity contribution is -0.119. The molecule has 6 heteroatoms. The third-order valence-corrected chi connectivity index (χ3v) is 4.40. The molecule has 122 valence electrons. The van der Waals surface area contributed by atoms with Crippen molar-refractivity contribution in [2.45, 2.75) is 38.3 Å². The van der Waals surface area contributed by atoms with Gasteiger partial charge in [-0.15, -0.1) is 0 Å². The van der Waals surface area contributed by atoms with Crippen LogP contribution >= 0.6 is 11.8 Å². The largest absolute Gasteiger partial charge is 0.454 e. The molecule has 0 unspecified atom stereocenters. The van der Waals surface area contributed by atoms with Crippen LogP contribution in [0.25, 0.3) is 10.9 Å². The third kappa shape index (κ3) is 3.69. The van der Waals surface area contributed by atoms with Crippen molar-refractivity contribution in [2.24, 2.45) is 0 Å². The summed E-state index contributed by atoms with van der Waals surface area (Å²) >= 11 is 1.45. The number of rotatable bonds is 3. The maximum Gasteiger partial charge on any atom is 0.231 e. The lowest BCUT2D eigenvalue weighted by atomic mass is 10.1. The van der Waals surface area contributed by atoms with Gasteiger partial charge in [0.15, 0.2) is 11.5 Å². The van der Waals surface area contributed by atoms with Crippen LogP contribution in [0.4, 0.5) is 0 Å². The molecule has 1 amide bonds. The summed E-state index contributed by atoms with van der Waals surface area (Å²) in [5.74, 6) is 1.83. The van der Waals surface area contributed by atoms with E-state index in [2.05, 4.69) is 16.4 Å². The maximum absolute atomic E-state index is 12.0. The Labute approximate surface area is 139 Å². The third-order valence-electron chi connectivity index (χ3n) is 3.31. The monoisotopic (exact) mass is 332 g/mol. The minimum absolute atomic E-state index is 0.00878. The van der Waals surface area contributed by atoms with E-state index in [1.165, 1.54) is 11.8 Å². The van der Waals surface area contributed by atoms with Gasteiger partial charge in [0.05, 0.1) is 11.3 Å². The molecule has 1 aromatic heterocycles. The number of hydrogen-bond donors (Lipinski definition) is 1. The van der Waals surface area contributed by atoms with Crippen molar-refractivity contribution in [3.8, 4) is 11.5 Å². The molecule has 3 rings (SSSR count). The molecule has 2 aromatic rings. The van der Waals surface area contributed by atoms with Crippen LogP contribution in [0.3, 0.4) is 0 Å². The van der Waals surface area contributed by atoms with Gasteiger partial charge in [0.25, 0.3) is 0 Å². The highest BCUT2D eigenvalue weighted by Gasteiger charge is 2.17. The first kappa shape index (κ1) is 15.9. The topological polar surface area (TPSA) is 60.5 Å². The van der Waals surface area contributed by atoms with E-state index in [1.807, 2.05) is 39.8 Å². The quantitative estimate of drug-likeness (QED) is 0.874. The standard InChI is InChI=1S/C17H20N2O3S/c1-10-5-11-6-13-14(22-9-21-13)7-12(11)18-16(10)23-8-15(20)19-17(2,3)4/h5-7H,8-9H2,1-4H3,(H,19,20). The maximum atomic E-state index is 12.0. The van der Waals surface area contributed by atoms with Crippen molar-refractivity contribution in [2.75, 3.05) is 12.5 Å². The molecule has 23 heavy (non-hydrogen) atoms. The number of fused-ring (bicyclic) bond motifs is 2. The number of carbonyl (C=O) groups is 1. The number of aryl methyl sites for hydroxylation is 1. The Morgan fingerprint density at radius 1 is 1.26 bits per heavy atom. The second-order valence-electron chi connectivity index (χ2n) is 6.60. The fourth-order valence-corrected chi connectivity index (χ4v) is 3.18. The van der Waals surface area contributed by atoms with Gasteiger partial charge in [-0.2, -0.15) is 0 Å². The van der Waals surface area contributed by atoms with Gasteiger partial charge in [-0.3, -0.25) is 4.79 Å². The van der Waals surface area contributed by atoms with E-state index in [0.717, 1.165) is 33.0 Å². The molecule has 5 nitrogen and oxygen atoms in total. The molecule has 1 aliphatic heterocycles. The summed E-state index contributed by atoms with van der Waals surface area (Å²) in [4.78, 5) is 16.6. The Morgan fingerprint density at radius 2 is 1.96 bits per heavy atom. The normalized spacial score (nSPS) is 13.4. The predicted molar refractivity (Wildman–Crippen MR) is 91.2 cm³/mol. The number of hydrogen-bond acceptors (Lipinski definition) is 5.